The minimum absolute atomic E-state index is 0.160. The van der Waals surface area contributed by atoms with Gasteiger partial charge in [0.15, 0.2) is 5.15 Å². The summed E-state index contributed by atoms with van der Waals surface area (Å²) in [5.41, 5.74) is 0.416. The SMILES string of the molecule is Clc1cnccn1.OCc1nccnc1Cl.[I][V]([I])[I]. The van der Waals surface area contributed by atoms with Crippen LogP contribution in [0.2, 0.25) is 10.3 Å². The second-order valence-corrected chi connectivity index (χ2v) is 38.8. The number of nitrogens with zero attached hydrogens (tertiary/aromatic N) is 4. The molecule has 0 saturated heterocycles. The molecule has 0 radical (unpaired) electrons. The molecule has 0 aliphatic rings. The van der Waals surface area contributed by atoms with Gasteiger partial charge in [0.05, 0.1) is 12.8 Å². The van der Waals surface area contributed by atoms with Gasteiger partial charge in [-0.3, -0.25) is 9.97 Å². The first-order valence-electron chi connectivity index (χ1n) is 4.72. The van der Waals surface area contributed by atoms with Crippen molar-refractivity contribution in [3.05, 3.63) is 47.0 Å². The van der Waals surface area contributed by atoms with Crippen LogP contribution in [0.4, 0.5) is 0 Å². The predicted octanol–water partition coefficient (Wildman–Crippen LogP) is 4.41. The number of aromatic nitrogens is 4. The van der Waals surface area contributed by atoms with Gasteiger partial charge >= 0.3 is 64.9 Å². The van der Waals surface area contributed by atoms with E-state index in [1.807, 2.05) is 0 Å². The van der Waals surface area contributed by atoms with Gasteiger partial charge in [-0.2, -0.15) is 0 Å². The average molecular weight is 691 g/mol. The number of aliphatic hydroxyl groups excluding tert-OH is 1. The molecule has 0 fully saturated rings. The van der Waals surface area contributed by atoms with Crippen molar-refractivity contribution < 1.29 is 10.0 Å². The average Bonchev–Trinajstić information content (AvgIpc) is 2.40. The van der Waals surface area contributed by atoms with E-state index in [1.165, 1.54) is 18.6 Å². The van der Waals surface area contributed by atoms with Crippen molar-refractivity contribution in [2.24, 2.45) is 0 Å². The van der Waals surface area contributed by atoms with Gasteiger partial charge in [-0.25, -0.2) is 9.97 Å². The Kier molecular flexibility index (Phi) is 15.1. The molecule has 5 nitrogen and oxygen atoms in total. The van der Waals surface area contributed by atoms with Crippen LogP contribution in [0.5, 0.6) is 0 Å². The number of halogens is 5. The van der Waals surface area contributed by atoms with Crippen LogP contribution in [0, 0.1) is 0 Å². The quantitative estimate of drug-likeness (QED) is 0.450. The summed E-state index contributed by atoms with van der Waals surface area (Å²) in [6.07, 6.45) is 7.56. The summed E-state index contributed by atoms with van der Waals surface area (Å²) in [6.45, 7) is -0.160. The molecule has 110 valence electrons. The van der Waals surface area contributed by atoms with Crippen molar-refractivity contribution >= 4 is 83.1 Å². The fourth-order valence-corrected chi connectivity index (χ4v) is 1.01. The zero-order chi connectivity index (χ0) is 15.4. The van der Waals surface area contributed by atoms with Crippen LogP contribution < -0.4 is 0 Å². The Morgan fingerprint density at radius 3 is 1.85 bits per heavy atom. The predicted molar refractivity (Wildman–Crippen MR) is 102 cm³/mol. The van der Waals surface area contributed by atoms with Crippen LogP contribution >= 0.6 is 83.1 Å². The van der Waals surface area contributed by atoms with Crippen molar-refractivity contribution in [3.8, 4) is 0 Å². The van der Waals surface area contributed by atoms with Crippen molar-refractivity contribution in [2.45, 2.75) is 6.61 Å². The Morgan fingerprint density at radius 2 is 1.55 bits per heavy atom. The molecule has 11 heteroatoms. The topological polar surface area (TPSA) is 71.8 Å². The van der Waals surface area contributed by atoms with Gasteiger partial charge in [0.1, 0.15) is 10.8 Å². The van der Waals surface area contributed by atoms with Crippen LogP contribution in [0.1, 0.15) is 5.69 Å². The van der Waals surface area contributed by atoms with Crippen LogP contribution in [-0.2, 0) is 11.5 Å². The van der Waals surface area contributed by atoms with Gasteiger partial charge < -0.3 is 5.11 Å². The van der Waals surface area contributed by atoms with E-state index >= 15 is 0 Å². The Morgan fingerprint density at radius 1 is 1.00 bits per heavy atom. The number of hydrogen-bond acceptors (Lipinski definition) is 5. The summed E-state index contributed by atoms with van der Waals surface area (Å²) in [6, 6.07) is 0. The summed E-state index contributed by atoms with van der Waals surface area (Å²) in [5, 5.41) is 9.23. The normalized spacial score (nSPS) is 9.15. The molecular formula is C9H8Cl2I3N4OV. The first-order valence-corrected chi connectivity index (χ1v) is 19.0. The third kappa shape index (κ3) is 13.2. The molecule has 2 heterocycles. The Hall–Kier alpha value is 1.47. The summed E-state index contributed by atoms with van der Waals surface area (Å²) < 4.78 is 0. The van der Waals surface area contributed by atoms with E-state index in [9.17, 15) is 0 Å². The Balaban J connectivity index is 0.000000293. The van der Waals surface area contributed by atoms with E-state index in [-0.39, 0.29) is 16.7 Å². The van der Waals surface area contributed by atoms with E-state index in [4.69, 9.17) is 28.3 Å². The minimum atomic E-state index is -0.278. The maximum atomic E-state index is 8.53. The van der Waals surface area contributed by atoms with Crippen LogP contribution in [0.15, 0.2) is 31.0 Å². The van der Waals surface area contributed by atoms with Gasteiger partial charge in [0.2, 0.25) is 0 Å². The van der Waals surface area contributed by atoms with Gasteiger partial charge in [0.25, 0.3) is 0 Å². The standard InChI is InChI=1S/C5H5ClN2O.C4H3ClN2.3HI.V/c6-5-4(3-9)7-1-2-8-5;5-4-3-6-1-2-7-4;;;;/h1-2,9H,3H2;1-3H;3*1H;/q;;;;;+3/p-3. The second kappa shape index (κ2) is 14.1. The number of rotatable bonds is 1. The van der Waals surface area contributed by atoms with E-state index in [0.717, 1.165) is 0 Å². The zero-order valence-electron chi connectivity index (χ0n) is 9.67. The molecular weight excluding hydrogens is 683 g/mol. The molecule has 0 unspecified atom stereocenters. The summed E-state index contributed by atoms with van der Waals surface area (Å²) in [5.74, 6) is 0. The Bertz CT molecular complexity index is 481. The molecule has 0 aliphatic carbocycles. The van der Waals surface area contributed by atoms with Crippen molar-refractivity contribution in [1.29, 1.82) is 0 Å². The first kappa shape index (κ1) is 21.5. The second-order valence-electron chi connectivity index (χ2n) is 2.67. The molecule has 0 spiro atoms. The maximum absolute atomic E-state index is 8.53. The molecule has 0 aromatic carbocycles. The molecule has 0 aliphatic heterocycles. The molecule has 0 bridgehead atoms. The van der Waals surface area contributed by atoms with Gasteiger partial charge in [-0.15, -0.1) is 0 Å². The molecule has 0 saturated carbocycles. The fourth-order valence-electron chi connectivity index (χ4n) is 0.737. The first-order chi connectivity index (χ1) is 9.47. The third-order valence-corrected chi connectivity index (χ3v) is 1.92. The molecule has 2 rings (SSSR count). The summed E-state index contributed by atoms with van der Waals surface area (Å²) in [7, 11) is 0. The van der Waals surface area contributed by atoms with E-state index < -0.39 is 0 Å². The molecule has 0 amide bonds. The summed E-state index contributed by atoms with van der Waals surface area (Å²) in [4.78, 5) is 14.5. The molecule has 20 heavy (non-hydrogen) atoms. The fraction of sp³-hybridized carbons (Fsp3) is 0.111. The van der Waals surface area contributed by atoms with Gasteiger partial charge in [0, 0.05) is 24.8 Å². The van der Waals surface area contributed by atoms with Gasteiger partial charge in [-0.1, -0.05) is 23.2 Å². The third-order valence-electron chi connectivity index (χ3n) is 1.40. The van der Waals surface area contributed by atoms with E-state index in [0.29, 0.717) is 10.8 Å². The van der Waals surface area contributed by atoms with E-state index in [1.54, 1.807) is 12.4 Å². The van der Waals surface area contributed by atoms with Crippen molar-refractivity contribution in [3.63, 3.8) is 0 Å². The molecule has 2 aromatic heterocycles. The van der Waals surface area contributed by atoms with Crippen LogP contribution in [0.3, 0.4) is 0 Å². The van der Waals surface area contributed by atoms with E-state index in [2.05, 4.69) is 79.9 Å². The Labute approximate surface area is 164 Å². The number of hydrogen-bond donors (Lipinski definition) is 1. The monoisotopic (exact) mass is 690 g/mol. The van der Waals surface area contributed by atoms with Crippen molar-refractivity contribution in [2.75, 3.05) is 0 Å². The molecule has 2 aromatic rings. The van der Waals surface area contributed by atoms with Crippen molar-refractivity contribution in [1.82, 2.24) is 19.9 Å². The molecule has 1 N–H and O–H groups in total. The van der Waals surface area contributed by atoms with Gasteiger partial charge in [-0.05, 0) is 0 Å². The molecule has 0 atom stereocenters. The zero-order valence-corrected chi connectivity index (χ0v) is 19.0. The van der Waals surface area contributed by atoms with Crippen LogP contribution in [-0.4, -0.2) is 25.0 Å². The van der Waals surface area contributed by atoms with Crippen LogP contribution in [0.25, 0.3) is 0 Å². The summed E-state index contributed by atoms with van der Waals surface area (Å²) >= 11 is 18.2. The number of aliphatic hydroxyl groups is 1.